The fourth-order valence-corrected chi connectivity index (χ4v) is 2.25. The number of para-hydroxylation sites is 1. The van der Waals surface area contributed by atoms with E-state index in [9.17, 15) is 14.4 Å². The van der Waals surface area contributed by atoms with E-state index >= 15 is 0 Å². The number of hydrogen-bond acceptors (Lipinski definition) is 5. The van der Waals surface area contributed by atoms with E-state index in [1.54, 1.807) is 12.1 Å². The average Bonchev–Trinajstić information content (AvgIpc) is 2.57. The smallest absolute Gasteiger partial charge is 0.341 e. The first-order valence-corrected chi connectivity index (χ1v) is 6.79. The van der Waals surface area contributed by atoms with E-state index in [0.717, 1.165) is 0 Å². The van der Waals surface area contributed by atoms with Crippen LogP contribution in [0.2, 0.25) is 0 Å². The summed E-state index contributed by atoms with van der Waals surface area (Å²) in [5.41, 5.74) is 3.02. The Morgan fingerprint density at radius 2 is 1.87 bits per heavy atom. The molecule has 0 bridgehead atoms. The Kier molecular flexibility index (Phi) is 3.68. The number of pyridine rings is 2. The Morgan fingerprint density at radius 1 is 1.13 bits per heavy atom. The highest BCUT2D eigenvalue weighted by Gasteiger charge is 2.16. The van der Waals surface area contributed by atoms with Gasteiger partial charge in [-0.2, -0.15) is 0 Å². The SMILES string of the molecule is COC(=O)c1cn(Nc2ccccc2)c(=O)c2ccc(=O)[nH]c12. The first-order chi connectivity index (χ1) is 11.1. The molecule has 0 fully saturated rings. The molecule has 7 nitrogen and oxygen atoms in total. The number of methoxy groups -OCH3 is 1. The fraction of sp³-hybridized carbons (Fsp3) is 0.0625. The van der Waals surface area contributed by atoms with Gasteiger partial charge < -0.3 is 9.72 Å². The lowest BCUT2D eigenvalue weighted by Crippen LogP contribution is -2.28. The molecule has 3 rings (SSSR count). The summed E-state index contributed by atoms with van der Waals surface area (Å²) in [7, 11) is 1.23. The van der Waals surface area contributed by atoms with E-state index in [4.69, 9.17) is 4.74 Å². The first kappa shape index (κ1) is 14.6. The maximum Gasteiger partial charge on any atom is 0.341 e. The standard InChI is InChI=1S/C16H13N3O4/c1-23-16(22)12-9-19(18-10-5-3-2-4-6-10)15(21)11-7-8-13(20)17-14(11)12/h2-9,18H,1H3,(H,17,20). The summed E-state index contributed by atoms with van der Waals surface area (Å²) < 4.78 is 5.91. The van der Waals surface area contributed by atoms with Crippen molar-refractivity contribution >= 4 is 22.6 Å². The van der Waals surface area contributed by atoms with Crippen molar-refractivity contribution in [1.82, 2.24) is 9.66 Å². The number of hydrogen-bond donors (Lipinski definition) is 2. The van der Waals surface area contributed by atoms with Crippen LogP contribution in [0, 0.1) is 0 Å². The Morgan fingerprint density at radius 3 is 2.57 bits per heavy atom. The number of carbonyl (C=O) groups excluding carboxylic acids is 1. The van der Waals surface area contributed by atoms with Crippen molar-refractivity contribution in [2.75, 3.05) is 12.5 Å². The van der Waals surface area contributed by atoms with Gasteiger partial charge in [0.25, 0.3) is 5.56 Å². The summed E-state index contributed by atoms with van der Waals surface area (Å²) in [4.78, 5) is 38.5. The van der Waals surface area contributed by atoms with Crippen LogP contribution in [0.3, 0.4) is 0 Å². The molecule has 0 aliphatic heterocycles. The molecule has 7 heteroatoms. The molecule has 0 aliphatic carbocycles. The van der Waals surface area contributed by atoms with Gasteiger partial charge in [-0.25, -0.2) is 9.47 Å². The molecule has 0 saturated carbocycles. The second kappa shape index (κ2) is 5.80. The lowest BCUT2D eigenvalue weighted by molar-refractivity contribution is 0.0602. The third kappa shape index (κ3) is 2.71. The minimum atomic E-state index is -0.652. The van der Waals surface area contributed by atoms with Crippen LogP contribution in [0.5, 0.6) is 0 Å². The normalized spacial score (nSPS) is 10.5. The van der Waals surface area contributed by atoms with Crippen LogP contribution in [-0.4, -0.2) is 22.7 Å². The number of carbonyl (C=O) groups is 1. The van der Waals surface area contributed by atoms with Crippen molar-refractivity contribution in [2.24, 2.45) is 0 Å². The molecule has 0 radical (unpaired) electrons. The Hall–Kier alpha value is -3.35. The monoisotopic (exact) mass is 311 g/mol. The minimum absolute atomic E-state index is 0.0863. The Balaban J connectivity index is 2.25. The molecular formula is C16H13N3O4. The number of rotatable bonds is 3. The van der Waals surface area contributed by atoms with Crippen molar-refractivity contribution in [3.05, 3.63) is 74.9 Å². The molecule has 3 aromatic rings. The van der Waals surface area contributed by atoms with E-state index in [1.807, 2.05) is 18.2 Å². The van der Waals surface area contributed by atoms with E-state index < -0.39 is 17.1 Å². The summed E-state index contributed by atoms with van der Waals surface area (Å²) in [5.74, 6) is -0.652. The van der Waals surface area contributed by atoms with Crippen LogP contribution >= 0.6 is 0 Å². The second-order valence-corrected chi connectivity index (χ2v) is 4.80. The highest BCUT2D eigenvalue weighted by atomic mass is 16.5. The number of ether oxygens (including phenoxy) is 1. The van der Waals surface area contributed by atoms with Crippen LogP contribution in [0.4, 0.5) is 5.69 Å². The molecule has 0 spiro atoms. The van der Waals surface area contributed by atoms with Crippen LogP contribution in [0.15, 0.2) is 58.3 Å². The van der Waals surface area contributed by atoms with Gasteiger partial charge in [-0.3, -0.25) is 15.0 Å². The molecule has 2 heterocycles. The molecular weight excluding hydrogens is 298 g/mol. The molecule has 0 atom stereocenters. The van der Waals surface area contributed by atoms with Crippen molar-refractivity contribution in [2.45, 2.75) is 0 Å². The van der Waals surface area contributed by atoms with E-state index in [2.05, 4.69) is 10.4 Å². The van der Waals surface area contributed by atoms with Crippen LogP contribution in [0.25, 0.3) is 10.9 Å². The quantitative estimate of drug-likeness (QED) is 0.712. The number of fused-ring (bicyclic) bond motifs is 1. The first-order valence-electron chi connectivity index (χ1n) is 6.79. The van der Waals surface area contributed by atoms with Gasteiger partial charge in [0.15, 0.2) is 0 Å². The number of aromatic nitrogens is 2. The summed E-state index contributed by atoms with van der Waals surface area (Å²) in [6, 6.07) is 11.6. The van der Waals surface area contributed by atoms with Gasteiger partial charge in [0.05, 0.1) is 23.7 Å². The zero-order valence-electron chi connectivity index (χ0n) is 12.2. The lowest BCUT2D eigenvalue weighted by Gasteiger charge is -2.12. The van der Waals surface area contributed by atoms with E-state index in [0.29, 0.717) is 5.69 Å². The number of aromatic amines is 1. The summed E-state index contributed by atoms with van der Waals surface area (Å²) >= 11 is 0. The largest absolute Gasteiger partial charge is 0.465 e. The molecule has 0 saturated heterocycles. The van der Waals surface area contributed by atoms with Crippen molar-refractivity contribution in [3.63, 3.8) is 0 Å². The van der Waals surface area contributed by atoms with E-state index in [-0.39, 0.29) is 16.5 Å². The number of esters is 1. The van der Waals surface area contributed by atoms with Gasteiger partial charge in [-0.05, 0) is 18.2 Å². The third-order valence-electron chi connectivity index (χ3n) is 3.32. The summed E-state index contributed by atoms with van der Waals surface area (Å²) in [6.07, 6.45) is 1.30. The average molecular weight is 311 g/mol. The maximum atomic E-state index is 12.5. The summed E-state index contributed by atoms with van der Waals surface area (Å²) in [5, 5.41) is 0.205. The number of benzene rings is 1. The number of nitrogens with one attached hydrogen (secondary N) is 2. The van der Waals surface area contributed by atoms with Gasteiger partial charge in [0.1, 0.15) is 5.56 Å². The highest BCUT2D eigenvalue weighted by molar-refractivity contribution is 6.02. The second-order valence-electron chi connectivity index (χ2n) is 4.80. The maximum absolute atomic E-state index is 12.5. The van der Waals surface area contributed by atoms with Gasteiger partial charge in [-0.1, -0.05) is 18.2 Å². The molecule has 0 aliphatic rings. The molecule has 2 aromatic heterocycles. The molecule has 0 unspecified atom stereocenters. The number of anilines is 1. The predicted molar refractivity (Wildman–Crippen MR) is 85.6 cm³/mol. The molecule has 23 heavy (non-hydrogen) atoms. The Labute approximate surface area is 130 Å². The fourth-order valence-electron chi connectivity index (χ4n) is 2.25. The van der Waals surface area contributed by atoms with Gasteiger partial charge in [0, 0.05) is 12.3 Å². The minimum Gasteiger partial charge on any atom is -0.465 e. The predicted octanol–water partition coefficient (Wildman–Crippen LogP) is 1.35. The lowest BCUT2D eigenvalue weighted by atomic mass is 10.2. The Bertz CT molecular complexity index is 990. The molecule has 0 amide bonds. The number of nitrogens with zero attached hydrogens (tertiary/aromatic N) is 1. The topological polar surface area (TPSA) is 93.2 Å². The van der Waals surface area contributed by atoms with Gasteiger partial charge in [-0.15, -0.1) is 0 Å². The van der Waals surface area contributed by atoms with Crippen LogP contribution in [-0.2, 0) is 4.74 Å². The van der Waals surface area contributed by atoms with Crippen LogP contribution < -0.4 is 16.5 Å². The third-order valence-corrected chi connectivity index (χ3v) is 3.32. The zero-order valence-corrected chi connectivity index (χ0v) is 12.2. The van der Waals surface area contributed by atoms with Gasteiger partial charge >= 0.3 is 5.97 Å². The van der Waals surface area contributed by atoms with Crippen molar-refractivity contribution < 1.29 is 9.53 Å². The molecule has 2 N–H and O–H groups in total. The van der Waals surface area contributed by atoms with Crippen LogP contribution in [0.1, 0.15) is 10.4 Å². The van der Waals surface area contributed by atoms with Crippen molar-refractivity contribution in [1.29, 1.82) is 0 Å². The summed E-state index contributed by atoms with van der Waals surface area (Å²) in [6.45, 7) is 0. The molecule has 1 aromatic carbocycles. The highest BCUT2D eigenvalue weighted by Crippen LogP contribution is 2.13. The van der Waals surface area contributed by atoms with Crippen molar-refractivity contribution in [3.8, 4) is 0 Å². The van der Waals surface area contributed by atoms with E-state index in [1.165, 1.54) is 30.1 Å². The molecule has 116 valence electrons. The van der Waals surface area contributed by atoms with Gasteiger partial charge in [0.2, 0.25) is 5.56 Å². The number of H-pyrrole nitrogens is 1. The zero-order chi connectivity index (χ0) is 16.4.